The Morgan fingerprint density at radius 3 is 1.86 bits per heavy atom. The standard InChI is InChI=1S/C29H34O6Si/c1-29(2,3)36(21-13-9-7-10-14-21,22-15-11-8-12-16-22)35-20-17-24(30)23-18-25(31-4)27(32-5)28(33-6)26(23)34-19-20/h7-16,18,20H,17,19H2,1-6H3. The third-order valence-electron chi connectivity index (χ3n) is 6.67. The average molecular weight is 507 g/mol. The van der Waals surface area contributed by atoms with Crippen LogP contribution in [0.25, 0.3) is 0 Å². The fraction of sp³-hybridized carbons (Fsp3) is 0.345. The zero-order valence-corrected chi connectivity index (χ0v) is 22.8. The van der Waals surface area contributed by atoms with Crippen LogP contribution in [0, 0.1) is 0 Å². The maximum atomic E-state index is 13.6. The van der Waals surface area contributed by atoms with Crippen LogP contribution in [0.1, 0.15) is 37.6 Å². The van der Waals surface area contributed by atoms with Crippen molar-refractivity contribution in [2.24, 2.45) is 0 Å². The van der Waals surface area contributed by atoms with Gasteiger partial charge in [-0.15, -0.1) is 0 Å². The first-order chi connectivity index (χ1) is 17.3. The Hall–Kier alpha value is -3.29. The molecule has 1 atom stereocenters. The Bertz CT molecular complexity index is 1160. The van der Waals surface area contributed by atoms with Gasteiger partial charge in [0.25, 0.3) is 8.32 Å². The van der Waals surface area contributed by atoms with Crippen molar-refractivity contribution in [3.8, 4) is 23.0 Å². The largest absolute Gasteiger partial charge is 0.493 e. The molecular formula is C29H34O6Si. The smallest absolute Gasteiger partial charge is 0.261 e. The highest BCUT2D eigenvalue weighted by Gasteiger charge is 2.52. The maximum Gasteiger partial charge on any atom is 0.261 e. The lowest BCUT2D eigenvalue weighted by molar-refractivity contribution is 0.0848. The van der Waals surface area contributed by atoms with Crippen molar-refractivity contribution in [1.82, 2.24) is 0 Å². The van der Waals surface area contributed by atoms with E-state index >= 15 is 0 Å². The summed E-state index contributed by atoms with van der Waals surface area (Å²) >= 11 is 0. The van der Waals surface area contributed by atoms with Gasteiger partial charge >= 0.3 is 0 Å². The molecule has 1 unspecified atom stereocenters. The van der Waals surface area contributed by atoms with Gasteiger partial charge in [0, 0.05) is 6.42 Å². The van der Waals surface area contributed by atoms with Crippen molar-refractivity contribution < 1.29 is 28.2 Å². The first-order valence-corrected chi connectivity index (χ1v) is 14.0. The number of benzene rings is 3. The number of hydrogen-bond donors (Lipinski definition) is 0. The van der Waals surface area contributed by atoms with Crippen molar-refractivity contribution in [3.63, 3.8) is 0 Å². The van der Waals surface area contributed by atoms with Gasteiger partial charge in [-0.1, -0.05) is 81.4 Å². The molecule has 190 valence electrons. The van der Waals surface area contributed by atoms with Crippen LogP contribution < -0.4 is 29.3 Å². The second kappa shape index (κ2) is 10.4. The fourth-order valence-electron chi connectivity index (χ4n) is 5.05. The Balaban J connectivity index is 1.80. The van der Waals surface area contributed by atoms with Gasteiger partial charge in [-0.2, -0.15) is 0 Å². The van der Waals surface area contributed by atoms with Crippen LogP contribution in [0.3, 0.4) is 0 Å². The van der Waals surface area contributed by atoms with Crippen molar-refractivity contribution >= 4 is 24.5 Å². The highest BCUT2D eigenvalue weighted by molar-refractivity contribution is 6.99. The third-order valence-corrected chi connectivity index (χ3v) is 11.8. The molecule has 0 aliphatic carbocycles. The van der Waals surface area contributed by atoms with Gasteiger partial charge in [-0.05, 0) is 21.5 Å². The number of carbonyl (C=O) groups excluding carboxylic acids is 1. The lowest BCUT2D eigenvalue weighted by Gasteiger charge is -2.44. The van der Waals surface area contributed by atoms with Crippen molar-refractivity contribution in [2.75, 3.05) is 27.9 Å². The van der Waals surface area contributed by atoms with E-state index in [-0.39, 0.29) is 23.8 Å². The average Bonchev–Trinajstić information content (AvgIpc) is 3.04. The van der Waals surface area contributed by atoms with E-state index in [2.05, 4.69) is 45.0 Å². The predicted octanol–water partition coefficient (Wildman–Crippen LogP) is 4.62. The van der Waals surface area contributed by atoms with Gasteiger partial charge in [0.1, 0.15) is 6.61 Å². The van der Waals surface area contributed by atoms with E-state index in [9.17, 15) is 4.79 Å². The van der Waals surface area contributed by atoms with Crippen LogP contribution in [-0.2, 0) is 4.43 Å². The van der Waals surface area contributed by atoms with Crippen LogP contribution in [0.2, 0.25) is 5.04 Å². The number of Topliss-reactive ketones (excluding diaryl/α,β-unsaturated/α-hetero) is 1. The third kappa shape index (κ3) is 4.49. The van der Waals surface area contributed by atoms with Gasteiger partial charge in [-0.25, -0.2) is 0 Å². The molecule has 0 amide bonds. The van der Waals surface area contributed by atoms with Gasteiger partial charge in [0.05, 0.1) is 33.0 Å². The van der Waals surface area contributed by atoms with Crippen LogP contribution in [0.5, 0.6) is 23.0 Å². The summed E-state index contributed by atoms with van der Waals surface area (Å²) in [6.45, 7) is 6.85. The van der Waals surface area contributed by atoms with Gasteiger partial charge in [-0.3, -0.25) is 4.79 Å². The molecule has 1 heterocycles. The van der Waals surface area contributed by atoms with Crippen LogP contribution in [0.15, 0.2) is 66.7 Å². The van der Waals surface area contributed by atoms with E-state index in [1.165, 1.54) is 21.3 Å². The Kier molecular flexibility index (Phi) is 7.43. The summed E-state index contributed by atoms with van der Waals surface area (Å²) in [5.41, 5.74) is 0.401. The second-order valence-electron chi connectivity index (χ2n) is 9.86. The molecule has 0 fully saturated rings. The molecule has 0 spiro atoms. The van der Waals surface area contributed by atoms with E-state index in [4.69, 9.17) is 23.4 Å². The molecule has 36 heavy (non-hydrogen) atoms. The molecule has 0 N–H and O–H groups in total. The minimum absolute atomic E-state index is 0.0929. The van der Waals surface area contributed by atoms with Crippen LogP contribution in [0.4, 0.5) is 0 Å². The van der Waals surface area contributed by atoms with Crippen molar-refractivity contribution in [2.45, 2.75) is 38.3 Å². The quantitative estimate of drug-likeness (QED) is 0.436. The van der Waals surface area contributed by atoms with Crippen molar-refractivity contribution in [1.29, 1.82) is 0 Å². The molecule has 3 aromatic rings. The molecule has 1 aliphatic heterocycles. The number of ether oxygens (including phenoxy) is 4. The number of methoxy groups -OCH3 is 3. The van der Waals surface area contributed by atoms with E-state index in [0.717, 1.165) is 10.4 Å². The number of carbonyl (C=O) groups is 1. The molecule has 0 saturated carbocycles. The number of hydrogen-bond acceptors (Lipinski definition) is 6. The molecule has 0 bridgehead atoms. The van der Waals surface area contributed by atoms with Crippen molar-refractivity contribution in [3.05, 3.63) is 72.3 Å². The van der Waals surface area contributed by atoms with E-state index in [1.807, 2.05) is 36.4 Å². The lowest BCUT2D eigenvalue weighted by atomic mass is 10.0. The zero-order valence-electron chi connectivity index (χ0n) is 21.8. The SMILES string of the molecule is COc1cc2c(c(OC)c1OC)OCC(O[Si](c1ccccc1)(c1ccccc1)C(C)(C)C)CC2=O. The molecule has 3 aromatic carbocycles. The van der Waals surface area contributed by atoms with Gasteiger partial charge in [0.2, 0.25) is 11.5 Å². The highest BCUT2D eigenvalue weighted by Crippen LogP contribution is 2.48. The summed E-state index contributed by atoms with van der Waals surface area (Å²) in [6, 6.07) is 22.4. The highest BCUT2D eigenvalue weighted by atomic mass is 28.4. The van der Waals surface area contributed by atoms with Crippen LogP contribution >= 0.6 is 0 Å². The molecule has 7 heteroatoms. The molecule has 1 aliphatic rings. The van der Waals surface area contributed by atoms with Crippen LogP contribution in [-0.4, -0.2) is 48.1 Å². The van der Waals surface area contributed by atoms with E-state index in [1.54, 1.807) is 6.07 Å². The summed E-state index contributed by atoms with van der Waals surface area (Å²) in [5.74, 6) is 1.40. The lowest BCUT2D eigenvalue weighted by Crippen LogP contribution is -2.68. The molecule has 4 rings (SSSR count). The summed E-state index contributed by atoms with van der Waals surface area (Å²) in [4.78, 5) is 13.6. The minimum Gasteiger partial charge on any atom is -0.493 e. The first kappa shape index (κ1) is 25.8. The Morgan fingerprint density at radius 1 is 0.833 bits per heavy atom. The molecule has 0 radical (unpaired) electrons. The summed E-state index contributed by atoms with van der Waals surface area (Å²) in [6.07, 6.45) is -0.284. The Labute approximate surface area is 214 Å². The fourth-order valence-corrected chi connectivity index (χ4v) is 9.72. The molecule has 0 aromatic heterocycles. The molecule has 0 saturated heterocycles. The maximum absolute atomic E-state index is 13.6. The van der Waals surface area contributed by atoms with Gasteiger partial charge < -0.3 is 23.4 Å². The predicted molar refractivity (Wildman–Crippen MR) is 143 cm³/mol. The first-order valence-electron chi connectivity index (χ1n) is 12.0. The van der Waals surface area contributed by atoms with E-state index < -0.39 is 14.4 Å². The summed E-state index contributed by atoms with van der Waals surface area (Å²) in [5, 5.41) is 2.08. The summed E-state index contributed by atoms with van der Waals surface area (Å²) in [7, 11) is 1.71. The second-order valence-corrected chi connectivity index (χ2v) is 14.1. The number of rotatable bonds is 7. The topological polar surface area (TPSA) is 63.2 Å². The molecular weight excluding hydrogens is 472 g/mol. The minimum atomic E-state index is -2.86. The normalized spacial score (nSPS) is 15.9. The number of fused-ring (bicyclic) bond motifs is 1. The van der Waals surface area contributed by atoms with Gasteiger partial charge in [0.15, 0.2) is 17.3 Å². The Morgan fingerprint density at radius 2 is 1.39 bits per heavy atom. The monoisotopic (exact) mass is 506 g/mol. The summed E-state index contributed by atoms with van der Waals surface area (Å²) < 4.78 is 30.0. The number of ketones is 1. The zero-order chi connectivity index (χ0) is 25.9. The van der Waals surface area contributed by atoms with E-state index in [0.29, 0.717) is 28.6 Å². The molecule has 6 nitrogen and oxygen atoms in total.